The lowest BCUT2D eigenvalue weighted by Crippen LogP contribution is -1.99. The number of aliphatic carboxylic acids is 1. The van der Waals surface area contributed by atoms with Gasteiger partial charge in [0.25, 0.3) is 0 Å². The van der Waals surface area contributed by atoms with Crippen LogP contribution in [-0.2, 0) is 11.4 Å². The molecule has 0 radical (unpaired) electrons. The Bertz CT molecular complexity index is 683. The zero-order chi connectivity index (χ0) is 15.2. The van der Waals surface area contributed by atoms with Gasteiger partial charge in [0.2, 0.25) is 0 Å². The number of pyridine rings is 1. The molecule has 0 bridgehead atoms. The van der Waals surface area contributed by atoms with Crippen LogP contribution in [0.1, 0.15) is 17.0 Å². The molecule has 0 aliphatic rings. The van der Waals surface area contributed by atoms with Crippen molar-refractivity contribution in [2.45, 2.75) is 13.5 Å². The molecule has 21 heavy (non-hydrogen) atoms. The Hall–Kier alpha value is -2.14. The van der Waals surface area contributed by atoms with Crippen molar-refractivity contribution in [1.29, 1.82) is 0 Å². The number of carbonyl (C=O) groups is 1. The van der Waals surface area contributed by atoms with E-state index in [1.807, 2.05) is 25.1 Å². The molecule has 4 nitrogen and oxygen atoms in total. The molecule has 0 saturated heterocycles. The Labute approximate surface area is 131 Å². The standard InChI is InChI=1S/C16H14BrNO3/c1-11-3-2-4-13(18-11)10-21-15-7-5-12(9-14(15)17)6-8-16(19)20/h2-9H,10H2,1H3,(H,19,20). The summed E-state index contributed by atoms with van der Waals surface area (Å²) in [5.74, 6) is -0.289. The van der Waals surface area contributed by atoms with Crippen LogP contribution in [0.3, 0.4) is 0 Å². The van der Waals surface area contributed by atoms with Crippen molar-refractivity contribution >= 4 is 28.0 Å². The van der Waals surface area contributed by atoms with E-state index < -0.39 is 5.97 Å². The van der Waals surface area contributed by atoms with Crippen molar-refractivity contribution in [2.75, 3.05) is 0 Å². The molecule has 1 heterocycles. The number of carboxylic acids is 1. The van der Waals surface area contributed by atoms with Crippen molar-refractivity contribution in [3.8, 4) is 5.75 Å². The maximum absolute atomic E-state index is 10.5. The van der Waals surface area contributed by atoms with Crippen LogP contribution in [0.5, 0.6) is 5.75 Å². The number of halogens is 1. The second kappa shape index (κ2) is 7.04. The Kier molecular flexibility index (Phi) is 5.11. The number of hydrogen-bond donors (Lipinski definition) is 1. The van der Waals surface area contributed by atoms with E-state index >= 15 is 0 Å². The van der Waals surface area contributed by atoms with Gasteiger partial charge >= 0.3 is 5.97 Å². The van der Waals surface area contributed by atoms with E-state index in [1.165, 1.54) is 6.08 Å². The number of ether oxygens (including phenoxy) is 1. The number of aromatic nitrogens is 1. The number of carboxylic acid groups (broad SMARTS) is 1. The number of rotatable bonds is 5. The first-order valence-corrected chi connectivity index (χ1v) is 7.10. The van der Waals surface area contributed by atoms with E-state index in [2.05, 4.69) is 20.9 Å². The maximum atomic E-state index is 10.5. The van der Waals surface area contributed by atoms with Crippen LogP contribution in [0.25, 0.3) is 6.08 Å². The summed E-state index contributed by atoms with van der Waals surface area (Å²) in [6, 6.07) is 11.2. The third-order valence-corrected chi connectivity index (χ3v) is 3.32. The summed E-state index contributed by atoms with van der Waals surface area (Å²) in [5, 5.41) is 8.60. The zero-order valence-electron chi connectivity index (χ0n) is 11.4. The molecule has 0 amide bonds. The highest BCUT2D eigenvalue weighted by Crippen LogP contribution is 2.27. The van der Waals surface area contributed by atoms with Gasteiger partial charge in [-0.3, -0.25) is 4.98 Å². The average Bonchev–Trinajstić information content (AvgIpc) is 2.44. The molecule has 108 valence electrons. The Morgan fingerprint density at radius 1 is 1.38 bits per heavy atom. The predicted octanol–water partition coefficient (Wildman–Crippen LogP) is 3.83. The molecular formula is C16H14BrNO3. The summed E-state index contributed by atoms with van der Waals surface area (Å²) in [4.78, 5) is 14.8. The van der Waals surface area contributed by atoms with Gasteiger partial charge in [0.1, 0.15) is 12.4 Å². The molecule has 0 aliphatic carbocycles. The quantitative estimate of drug-likeness (QED) is 0.835. The monoisotopic (exact) mass is 347 g/mol. The molecule has 1 N–H and O–H groups in total. The zero-order valence-corrected chi connectivity index (χ0v) is 13.0. The molecule has 5 heteroatoms. The molecule has 0 saturated carbocycles. The van der Waals surface area contributed by atoms with E-state index in [4.69, 9.17) is 9.84 Å². The van der Waals surface area contributed by atoms with Gasteiger partial charge in [-0.2, -0.15) is 0 Å². The third kappa shape index (κ3) is 4.72. The lowest BCUT2D eigenvalue weighted by molar-refractivity contribution is -0.131. The molecule has 0 spiro atoms. The van der Waals surface area contributed by atoms with Gasteiger partial charge < -0.3 is 9.84 Å². The number of nitrogens with zero attached hydrogens (tertiary/aromatic N) is 1. The van der Waals surface area contributed by atoms with E-state index in [1.54, 1.807) is 18.2 Å². The second-order valence-corrected chi connectivity index (χ2v) is 5.27. The number of benzene rings is 1. The first kappa shape index (κ1) is 15.3. The molecule has 2 aromatic rings. The number of hydrogen-bond acceptors (Lipinski definition) is 3. The van der Waals surface area contributed by atoms with Crippen LogP contribution in [0.15, 0.2) is 46.9 Å². The minimum atomic E-state index is -0.975. The summed E-state index contributed by atoms with van der Waals surface area (Å²) in [6.45, 7) is 2.31. The van der Waals surface area contributed by atoms with E-state index in [9.17, 15) is 4.79 Å². The third-order valence-electron chi connectivity index (χ3n) is 2.70. The largest absolute Gasteiger partial charge is 0.486 e. The molecule has 0 atom stereocenters. The summed E-state index contributed by atoms with van der Waals surface area (Å²) < 4.78 is 6.48. The van der Waals surface area contributed by atoms with E-state index in [-0.39, 0.29) is 0 Å². The smallest absolute Gasteiger partial charge is 0.328 e. The highest BCUT2D eigenvalue weighted by molar-refractivity contribution is 9.10. The Balaban J connectivity index is 2.06. The van der Waals surface area contributed by atoms with Crippen LogP contribution < -0.4 is 4.74 Å². The molecule has 1 aromatic carbocycles. The van der Waals surface area contributed by atoms with Gasteiger partial charge in [-0.25, -0.2) is 4.79 Å². The minimum Gasteiger partial charge on any atom is -0.486 e. The second-order valence-electron chi connectivity index (χ2n) is 4.42. The minimum absolute atomic E-state index is 0.380. The maximum Gasteiger partial charge on any atom is 0.328 e. The lowest BCUT2D eigenvalue weighted by Gasteiger charge is -2.09. The fraction of sp³-hybridized carbons (Fsp3) is 0.125. The predicted molar refractivity (Wildman–Crippen MR) is 84.1 cm³/mol. The van der Waals surface area contributed by atoms with Gasteiger partial charge in [0.15, 0.2) is 0 Å². The first-order valence-electron chi connectivity index (χ1n) is 6.30. The van der Waals surface area contributed by atoms with Crippen LogP contribution in [0, 0.1) is 6.92 Å². The van der Waals surface area contributed by atoms with Crippen molar-refractivity contribution < 1.29 is 14.6 Å². The summed E-state index contributed by atoms with van der Waals surface area (Å²) in [5.41, 5.74) is 2.59. The highest BCUT2D eigenvalue weighted by Gasteiger charge is 2.03. The topological polar surface area (TPSA) is 59.4 Å². The summed E-state index contributed by atoms with van der Waals surface area (Å²) >= 11 is 3.42. The molecule has 0 fully saturated rings. The fourth-order valence-corrected chi connectivity index (χ4v) is 2.25. The van der Waals surface area contributed by atoms with E-state index in [0.29, 0.717) is 12.4 Å². The van der Waals surface area contributed by atoms with Gasteiger partial charge in [-0.05, 0) is 58.8 Å². The normalized spacial score (nSPS) is 10.8. The van der Waals surface area contributed by atoms with Gasteiger partial charge in [0, 0.05) is 11.8 Å². The van der Waals surface area contributed by atoms with Crippen LogP contribution >= 0.6 is 15.9 Å². The highest BCUT2D eigenvalue weighted by atomic mass is 79.9. The van der Waals surface area contributed by atoms with Crippen molar-refractivity contribution in [3.63, 3.8) is 0 Å². The Morgan fingerprint density at radius 2 is 2.19 bits per heavy atom. The van der Waals surface area contributed by atoms with Gasteiger partial charge in [0.05, 0.1) is 10.2 Å². The fourth-order valence-electron chi connectivity index (χ4n) is 1.74. The molecule has 2 rings (SSSR count). The number of aryl methyl sites for hydroxylation is 1. The first-order chi connectivity index (χ1) is 10.0. The van der Waals surface area contributed by atoms with Crippen LogP contribution in [-0.4, -0.2) is 16.1 Å². The SMILES string of the molecule is Cc1cccc(COc2ccc(C=CC(=O)O)cc2Br)n1. The average molecular weight is 348 g/mol. The van der Waals surface area contributed by atoms with E-state index in [0.717, 1.165) is 27.5 Å². The summed E-state index contributed by atoms with van der Waals surface area (Å²) in [6.07, 6.45) is 2.62. The molecule has 0 aliphatic heterocycles. The Morgan fingerprint density at radius 3 is 2.86 bits per heavy atom. The van der Waals surface area contributed by atoms with Crippen molar-refractivity contribution in [2.24, 2.45) is 0 Å². The molecule has 0 unspecified atom stereocenters. The summed E-state index contributed by atoms with van der Waals surface area (Å²) in [7, 11) is 0. The van der Waals surface area contributed by atoms with Crippen molar-refractivity contribution in [1.82, 2.24) is 4.98 Å². The molecular weight excluding hydrogens is 334 g/mol. The molecule has 1 aromatic heterocycles. The van der Waals surface area contributed by atoms with Crippen LogP contribution in [0.2, 0.25) is 0 Å². The van der Waals surface area contributed by atoms with Crippen LogP contribution in [0.4, 0.5) is 0 Å². The lowest BCUT2D eigenvalue weighted by atomic mass is 10.2. The van der Waals surface area contributed by atoms with Gasteiger partial charge in [-0.15, -0.1) is 0 Å². The van der Waals surface area contributed by atoms with Crippen molar-refractivity contribution in [3.05, 3.63) is 63.9 Å². The van der Waals surface area contributed by atoms with Gasteiger partial charge in [-0.1, -0.05) is 12.1 Å².